The highest BCUT2D eigenvalue weighted by molar-refractivity contribution is 6.33. The van der Waals surface area contributed by atoms with E-state index in [4.69, 9.17) is 21.3 Å². The van der Waals surface area contributed by atoms with E-state index in [1.165, 1.54) is 37.7 Å². The second-order valence-electron chi connectivity index (χ2n) is 8.30. The van der Waals surface area contributed by atoms with Crippen LogP contribution in [0.25, 0.3) is 11.2 Å². The standard InChI is InChI=1S/C22H28ClN7O/c23-17-12-15(13-30-8-10-31-11-9-30)6-7-18(17)27-22-28-20-19(24-14-25-20)21(29-22)26-16-4-2-1-3-5-16/h6-7,12,14,16H,1-5,8-11,13H2,(H3,24,25,26,27,28,29). The zero-order valence-corrected chi connectivity index (χ0v) is 18.3. The number of rotatable bonds is 6. The highest BCUT2D eigenvalue weighted by atomic mass is 35.5. The van der Waals surface area contributed by atoms with E-state index >= 15 is 0 Å². The number of fused-ring (bicyclic) bond motifs is 1. The zero-order chi connectivity index (χ0) is 21.0. The van der Waals surface area contributed by atoms with Crippen LogP contribution < -0.4 is 10.6 Å². The van der Waals surface area contributed by atoms with Crippen LogP contribution in [0.5, 0.6) is 0 Å². The van der Waals surface area contributed by atoms with E-state index < -0.39 is 0 Å². The van der Waals surface area contributed by atoms with Gasteiger partial charge in [-0.2, -0.15) is 9.97 Å². The van der Waals surface area contributed by atoms with Crippen LogP contribution in [0.15, 0.2) is 24.5 Å². The topological polar surface area (TPSA) is 91.0 Å². The Kier molecular flexibility index (Phi) is 6.20. The van der Waals surface area contributed by atoms with Crippen molar-refractivity contribution in [2.45, 2.75) is 44.7 Å². The van der Waals surface area contributed by atoms with Crippen LogP contribution in [0.2, 0.25) is 5.02 Å². The molecule has 0 unspecified atom stereocenters. The second kappa shape index (κ2) is 9.38. The molecule has 0 bridgehead atoms. The molecule has 8 nitrogen and oxygen atoms in total. The SMILES string of the molecule is Clc1cc(CN2CCOCC2)ccc1Nc1nc(NC2CCCCC2)c2[nH]cnc2n1. The first-order valence-corrected chi connectivity index (χ1v) is 11.5. The van der Waals surface area contributed by atoms with Gasteiger partial charge in [-0.05, 0) is 30.5 Å². The number of H-pyrrole nitrogens is 1. The lowest BCUT2D eigenvalue weighted by Crippen LogP contribution is -2.35. The quantitative estimate of drug-likeness (QED) is 0.524. The average molecular weight is 442 g/mol. The number of nitrogens with zero attached hydrogens (tertiary/aromatic N) is 4. The van der Waals surface area contributed by atoms with Gasteiger partial charge in [0.2, 0.25) is 5.95 Å². The van der Waals surface area contributed by atoms with Gasteiger partial charge in [-0.3, -0.25) is 4.90 Å². The van der Waals surface area contributed by atoms with Gasteiger partial charge in [-0.15, -0.1) is 0 Å². The average Bonchev–Trinajstić information content (AvgIpc) is 3.26. The summed E-state index contributed by atoms with van der Waals surface area (Å²) in [5.74, 6) is 1.28. The lowest BCUT2D eigenvalue weighted by Gasteiger charge is -2.26. The number of imidazole rings is 1. The molecule has 3 N–H and O–H groups in total. The number of ether oxygens (including phenoxy) is 1. The second-order valence-corrected chi connectivity index (χ2v) is 8.71. The summed E-state index contributed by atoms with van der Waals surface area (Å²) in [6.45, 7) is 4.35. The van der Waals surface area contributed by atoms with E-state index in [9.17, 15) is 0 Å². The first-order valence-electron chi connectivity index (χ1n) is 11.1. The Morgan fingerprint density at radius 3 is 2.77 bits per heavy atom. The molecule has 1 aromatic carbocycles. The number of hydrogen-bond acceptors (Lipinski definition) is 7. The predicted octanol–water partition coefficient (Wildman–Crippen LogP) is 4.33. The Balaban J connectivity index is 1.33. The molecule has 1 aliphatic heterocycles. The van der Waals surface area contributed by atoms with E-state index in [-0.39, 0.29) is 0 Å². The highest BCUT2D eigenvalue weighted by Crippen LogP contribution is 2.29. The largest absolute Gasteiger partial charge is 0.379 e. The molecule has 3 heterocycles. The van der Waals surface area contributed by atoms with Crippen LogP contribution in [-0.4, -0.2) is 57.2 Å². The molecule has 2 aromatic heterocycles. The highest BCUT2D eigenvalue weighted by Gasteiger charge is 2.18. The Hall–Kier alpha value is -2.42. The molecular weight excluding hydrogens is 414 g/mol. The summed E-state index contributed by atoms with van der Waals surface area (Å²) in [6, 6.07) is 6.53. The van der Waals surface area contributed by atoms with E-state index in [1.807, 2.05) is 12.1 Å². The van der Waals surface area contributed by atoms with E-state index in [0.717, 1.165) is 49.9 Å². The number of benzene rings is 1. The van der Waals surface area contributed by atoms with Crippen molar-refractivity contribution < 1.29 is 4.74 Å². The minimum absolute atomic E-state index is 0.436. The van der Waals surface area contributed by atoms with Crippen molar-refractivity contribution in [2.75, 3.05) is 36.9 Å². The van der Waals surface area contributed by atoms with Gasteiger partial charge in [-0.1, -0.05) is 36.9 Å². The molecule has 1 aliphatic carbocycles. The summed E-state index contributed by atoms with van der Waals surface area (Å²) in [5, 5.41) is 7.53. The van der Waals surface area contributed by atoms with Crippen LogP contribution >= 0.6 is 11.6 Å². The zero-order valence-electron chi connectivity index (χ0n) is 17.5. The van der Waals surface area contributed by atoms with E-state index in [2.05, 4.69) is 36.6 Å². The summed E-state index contributed by atoms with van der Waals surface area (Å²) in [6.07, 6.45) is 7.81. The fraction of sp³-hybridized carbons (Fsp3) is 0.500. The maximum absolute atomic E-state index is 6.59. The van der Waals surface area contributed by atoms with Crippen LogP contribution in [0, 0.1) is 0 Å². The van der Waals surface area contributed by atoms with Crippen molar-refractivity contribution in [2.24, 2.45) is 0 Å². The number of hydrogen-bond donors (Lipinski definition) is 3. The molecule has 2 aliphatic rings. The lowest BCUT2D eigenvalue weighted by molar-refractivity contribution is 0.0342. The molecule has 0 radical (unpaired) electrons. The van der Waals surface area contributed by atoms with E-state index in [1.54, 1.807) is 6.33 Å². The molecule has 1 saturated heterocycles. The van der Waals surface area contributed by atoms with Crippen LogP contribution in [0.1, 0.15) is 37.7 Å². The van der Waals surface area contributed by atoms with Crippen LogP contribution in [0.4, 0.5) is 17.5 Å². The van der Waals surface area contributed by atoms with Crippen molar-refractivity contribution >= 4 is 40.2 Å². The summed E-state index contributed by atoms with van der Waals surface area (Å²) in [4.78, 5) is 19.2. The number of morpholine rings is 1. The minimum atomic E-state index is 0.436. The molecule has 0 amide bonds. The van der Waals surface area contributed by atoms with Gasteiger partial charge in [0.15, 0.2) is 11.5 Å². The number of anilines is 3. The van der Waals surface area contributed by atoms with Crippen molar-refractivity contribution in [3.63, 3.8) is 0 Å². The molecule has 3 aromatic rings. The van der Waals surface area contributed by atoms with Gasteiger partial charge in [0.25, 0.3) is 0 Å². The van der Waals surface area contributed by atoms with Crippen molar-refractivity contribution in [1.29, 1.82) is 0 Å². The number of aromatic amines is 1. The fourth-order valence-corrected chi connectivity index (χ4v) is 4.58. The Bertz CT molecular complexity index is 1030. The van der Waals surface area contributed by atoms with Gasteiger partial charge < -0.3 is 20.4 Å². The number of halogens is 1. The molecule has 9 heteroatoms. The molecule has 31 heavy (non-hydrogen) atoms. The maximum atomic E-state index is 6.59. The van der Waals surface area contributed by atoms with Crippen molar-refractivity contribution in [3.05, 3.63) is 35.1 Å². The third-order valence-corrected chi connectivity index (χ3v) is 6.33. The van der Waals surface area contributed by atoms with Gasteiger partial charge in [0, 0.05) is 25.7 Å². The monoisotopic (exact) mass is 441 g/mol. The van der Waals surface area contributed by atoms with E-state index in [0.29, 0.717) is 22.7 Å². The summed E-state index contributed by atoms with van der Waals surface area (Å²) < 4.78 is 5.42. The third kappa shape index (κ3) is 4.92. The Labute approximate surface area is 186 Å². The fourth-order valence-electron chi connectivity index (χ4n) is 4.33. The van der Waals surface area contributed by atoms with Gasteiger partial charge >= 0.3 is 0 Å². The molecule has 0 spiro atoms. The minimum Gasteiger partial charge on any atom is -0.379 e. The van der Waals surface area contributed by atoms with Gasteiger partial charge in [0.05, 0.1) is 30.3 Å². The summed E-state index contributed by atoms with van der Waals surface area (Å²) >= 11 is 6.59. The Morgan fingerprint density at radius 1 is 1.13 bits per heavy atom. The first-order chi connectivity index (χ1) is 15.2. The normalized spacial score (nSPS) is 18.4. The third-order valence-electron chi connectivity index (χ3n) is 6.02. The number of aromatic nitrogens is 4. The molecule has 164 valence electrons. The van der Waals surface area contributed by atoms with Crippen LogP contribution in [-0.2, 0) is 11.3 Å². The first kappa shape index (κ1) is 20.5. The summed E-state index contributed by atoms with van der Waals surface area (Å²) in [7, 11) is 0. The van der Waals surface area contributed by atoms with Gasteiger partial charge in [-0.25, -0.2) is 4.98 Å². The van der Waals surface area contributed by atoms with Crippen LogP contribution in [0.3, 0.4) is 0 Å². The molecule has 5 rings (SSSR count). The van der Waals surface area contributed by atoms with Crippen molar-refractivity contribution in [3.8, 4) is 0 Å². The molecule has 2 fully saturated rings. The van der Waals surface area contributed by atoms with Gasteiger partial charge in [0.1, 0.15) is 5.52 Å². The Morgan fingerprint density at radius 2 is 1.97 bits per heavy atom. The molecule has 1 saturated carbocycles. The lowest BCUT2D eigenvalue weighted by atomic mass is 9.95. The van der Waals surface area contributed by atoms with Crippen molar-refractivity contribution in [1.82, 2.24) is 24.8 Å². The summed E-state index contributed by atoms with van der Waals surface area (Å²) in [5.41, 5.74) is 3.44. The molecule has 0 atom stereocenters. The smallest absolute Gasteiger partial charge is 0.231 e. The number of nitrogens with one attached hydrogen (secondary N) is 3. The molecular formula is C22H28ClN7O. The maximum Gasteiger partial charge on any atom is 0.231 e. The predicted molar refractivity (Wildman–Crippen MR) is 123 cm³/mol.